The van der Waals surface area contributed by atoms with E-state index in [1.54, 1.807) is 6.07 Å². The minimum absolute atomic E-state index is 0.568. The zero-order valence-corrected chi connectivity index (χ0v) is 17.5. The maximum atomic E-state index is 6.53. The molecule has 0 aliphatic carbocycles. The van der Waals surface area contributed by atoms with E-state index in [9.17, 15) is 0 Å². The number of rotatable bonds is 3. The van der Waals surface area contributed by atoms with Crippen molar-refractivity contribution in [3.8, 4) is 28.2 Å². The smallest absolute Gasteiger partial charge is 0.0963 e. The summed E-state index contributed by atoms with van der Waals surface area (Å²) in [4.78, 5) is 0. The number of aromatic nitrogens is 2. The van der Waals surface area contributed by atoms with Crippen LogP contribution in [0.25, 0.3) is 28.2 Å². The first-order chi connectivity index (χ1) is 13.4. The molecule has 28 heavy (non-hydrogen) atoms. The second kappa shape index (κ2) is 7.46. The summed E-state index contributed by atoms with van der Waals surface area (Å²) in [6, 6.07) is 22.4. The van der Waals surface area contributed by atoms with Crippen molar-refractivity contribution < 1.29 is 0 Å². The third kappa shape index (κ3) is 3.46. The van der Waals surface area contributed by atoms with Gasteiger partial charge in [0.1, 0.15) is 0 Å². The lowest BCUT2D eigenvalue weighted by Crippen LogP contribution is -2.00. The Bertz CT molecular complexity index is 1140. The van der Waals surface area contributed by atoms with Gasteiger partial charge >= 0.3 is 0 Å². The number of benzene rings is 3. The Hall–Kier alpha value is -2.55. The molecule has 0 atom stereocenters. The first-order valence-electron chi connectivity index (χ1n) is 9.13. The van der Waals surface area contributed by atoms with Crippen molar-refractivity contribution >= 4 is 23.2 Å². The van der Waals surface area contributed by atoms with Crippen molar-refractivity contribution in [2.75, 3.05) is 0 Å². The van der Waals surface area contributed by atoms with Crippen molar-refractivity contribution in [2.24, 2.45) is 0 Å². The van der Waals surface area contributed by atoms with Gasteiger partial charge in [-0.15, -0.1) is 0 Å². The fourth-order valence-electron chi connectivity index (χ4n) is 3.36. The third-order valence-electron chi connectivity index (χ3n) is 4.91. The molecule has 0 aliphatic heterocycles. The van der Waals surface area contributed by atoms with Crippen LogP contribution in [0.3, 0.4) is 0 Å². The molecule has 0 amide bonds. The summed E-state index contributed by atoms with van der Waals surface area (Å²) in [7, 11) is 0. The first-order valence-corrected chi connectivity index (χ1v) is 9.89. The molecule has 0 saturated heterocycles. The van der Waals surface area contributed by atoms with Gasteiger partial charge in [0.25, 0.3) is 0 Å². The predicted octanol–water partition coefficient (Wildman–Crippen LogP) is 7.44. The molecule has 140 valence electrons. The number of nitrogens with zero attached hydrogens (tertiary/aromatic N) is 2. The molecule has 2 nitrogen and oxygen atoms in total. The van der Waals surface area contributed by atoms with Crippen LogP contribution in [0, 0.1) is 20.8 Å². The van der Waals surface area contributed by atoms with Gasteiger partial charge in [-0.3, -0.25) is 0 Å². The van der Waals surface area contributed by atoms with Crippen LogP contribution >= 0.6 is 23.2 Å². The molecule has 3 aromatic carbocycles. The topological polar surface area (TPSA) is 17.8 Å². The van der Waals surface area contributed by atoms with Gasteiger partial charge in [-0.25, -0.2) is 4.68 Å². The average Bonchev–Trinajstić information content (AvgIpc) is 3.00. The van der Waals surface area contributed by atoms with Crippen molar-refractivity contribution in [1.29, 1.82) is 0 Å². The molecule has 0 fully saturated rings. The zero-order valence-electron chi connectivity index (χ0n) is 16.0. The zero-order chi connectivity index (χ0) is 19.8. The second-order valence-electron chi connectivity index (χ2n) is 7.06. The predicted molar refractivity (Wildman–Crippen MR) is 119 cm³/mol. The van der Waals surface area contributed by atoms with E-state index in [-0.39, 0.29) is 0 Å². The number of aryl methyl sites for hydroxylation is 2. The monoisotopic (exact) mass is 406 g/mol. The minimum atomic E-state index is 0.568. The van der Waals surface area contributed by atoms with Gasteiger partial charge < -0.3 is 0 Å². The van der Waals surface area contributed by atoms with Crippen molar-refractivity contribution in [3.05, 3.63) is 93.5 Å². The summed E-state index contributed by atoms with van der Waals surface area (Å²) in [6.45, 7) is 6.28. The van der Waals surface area contributed by atoms with Gasteiger partial charge in [0.15, 0.2) is 0 Å². The van der Waals surface area contributed by atoms with Gasteiger partial charge in [-0.1, -0.05) is 82.9 Å². The molecule has 0 spiro atoms. The summed E-state index contributed by atoms with van der Waals surface area (Å²) in [5.41, 5.74) is 8.51. The second-order valence-corrected chi connectivity index (χ2v) is 7.91. The lowest BCUT2D eigenvalue weighted by Gasteiger charge is -2.11. The van der Waals surface area contributed by atoms with Gasteiger partial charge in [0.2, 0.25) is 0 Å². The quantitative estimate of drug-likeness (QED) is 0.345. The first kappa shape index (κ1) is 18.8. The minimum Gasteiger partial charge on any atom is -0.231 e. The molecule has 0 aliphatic rings. The molecule has 0 saturated carbocycles. The van der Waals surface area contributed by atoms with Crippen molar-refractivity contribution in [2.45, 2.75) is 20.8 Å². The van der Waals surface area contributed by atoms with Crippen LogP contribution in [0.2, 0.25) is 10.0 Å². The summed E-state index contributed by atoms with van der Waals surface area (Å²) < 4.78 is 1.92. The lowest BCUT2D eigenvalue weighted by molar-refractivity contribution is 0.892. The largest absolute Gasteiger partial charge is 0.231 e. The molecule has 1 aromatic heterocycles. The molecule has 4 rings (SSSR count). The van der Waals surface area contributed by atoms with Crippen LogP contribution in [-0.2, 0) is 0 Å². The van der Waals surface area contributed by atoms with E-state index in [1.807, 2.05) is 16.8 Å². The Balaban J connectivity index is 1.99. The number of halogens is 2. The van der Waals surface area contributed by atoms with Crippen LogP contribution in [0.5, 0.6) is 0 Å². The highest BCUT2D eigenvalue weighted by atomic mass is 35.5. The molecule has 4 heteroatoms. The Morgan fingerprint density at radius 1 is 0.714 bits per heavy atom. The van der Waals surface area contributed by atoms with Crippen LogP contribution < -0.4 is 0 Å². The molecule has 0 unspecified atom stereocenters. The highest BCUT2D eigenvalue weighted by Gasteiger charge is 2.20. The standard InChI is InChI=1S/C24H20Cl2N2/c1-15-4-8-18(9-5-15)23-17(3)24(19-10-6-16(2)7-11-19)28(27-23)22-13-12-20(25)14-21(22)26/h4-14H,1-3H3. The summed E-state index contributed by atoms with van der Waals surface area (Å²) in [6.07, 6.45) is 0. The molecule has 0 N–H and O–H groups in total. The Morgan fingerprint density at radius 2 is 1.29 bits per heavy atom. The summed E-state index contributed by atoms with van der Waals surface area (Å²) in [5, 5.41) is 6.13. The van der Waals surface area contributed by atoms with Crippen LogP contribution in [0.15, 0.2) is 66.7 Å². The summed E-state index contributed by atoms with van der Waals surface area (Å²) in [5.74, 6) is 0. The number of hydrogen-bond acceptors (Lipinski definition) is 1. The van der Waals surface area contributed by atoms with E-state index in [4.69, 9.17) is 28.3 Å². The molecule has 1 heterocycles. The SMILES string of the molecule is Cc1ccc(-c2nn(-c3ccc(Cl)cc3Cl)c(-c3ccc(C)cc3)c2C)cc1. The van der Waals surface area contributed by atoms with E-state index in [1.165, 1.54) is 11.1 Å². The fourth-order valence-corrected chi connectivity index (χ4v) is 3.85. The maximum Gasteiger partial charge on any atom is 0.0963 e. The van der Waals surface area contributed by atoms with E-state index < -0.39 is 0 Å². The van der Waals surface area contributed by atoms with E-state index >= 15 is 0 Å². The van der Waals surface area contributed by atoms with Gasteiger partial charge in [0.05, 0.1) is 22.1 Å². The van der Waals surface area contributed by atoms with Crippen LogP contribution in [0.1, 0.15) is 16.7 Å². The molecule has 0 bridgehead atoms. The third-order valence-corrected chi connectivity index (χ3v) is 5.45. The Morgan fingerprint density at radius 3 is 1.86 bits per heavy atom. The molecule has 0 radical (unpaired) electrons. The van der Waals surface area contributed by atoms with Gasteiger partial charge in [-0.05, 0) is 39.0 Å². The van der Waals surface area contributed by atoms with Crippen LogP contribution in [-0.4, -0.2) is 9.78 Å². The van der Waals surface area contributed by atoms with Gasteiger partial charge in [0, 0.05) is 21.7 Å². The Kier molecular flexibility index (Phi) is 5.01. The van der Waals surface area contributed by atoms with E-state index in [0.717, 1.165) is 33.8 Å². The average molecular weight is 407 g/mol. The van der Waals surface area contributed by atoms with E-state index in [0.29, 0.717) is 10.0 Å². The normalized spacial score (nSPS) is 11.0. The molecule has 4 aromatic rings. The Labute approximate surface area is 175 Å². The van der Waals surface area contributed by atoms with Gasteiger partial charge in [-0.2, -0.15) is 5.10 Å². The molecular weight excluding hydrogens is 387 g/mol. The lowest BCUT2D eigenvalue weighted by atomic mass is 10.0. The highest BCUT2D eigenvalue weighted by Crippen LogP contribution is 2.36. The highest BCUT2D eigenvalue weighted by molar-refractivity contribution is 6.35. The number of hydrogen-bond donors (Lipinski definition) is 0. The van der Waals surface area contributed by atoms with Crippen molar-refractivity contribution in [1.82, 2.24) is 9.78 Å². The summed E-state index contributed by atoms with van der Waals surface area (Å²) >= 11 is 12.6. The maximum absolute atomic E-state index is 6.53. The van der Waals surface area contributed by atoms with Crippen LogP contribution in [0.4, 0.5) is 0 Å². The fraction of sp³-hybridized carbons (Fsp3) is 0.125. The molecular formula is C24H20Cl2N2. The van der Waals surface area contributed by atoms with E-state index in [2.05, 4.69) is 69.3 Å². The van der Waals surface area contributed by atoms with Crippen molar-refractivity contribution in [3.63, 3.8) is 0 Å².